The quantitative estimate of drug-likeness (QED) is 0.755. The van der Waals surface area contributed by atoms with E-state index in [0.29, 0.717) is 19.6 Å². The fourth-order valence-electron chi connectivity index (χ4n) is 3.04. The van der Waals surface area contributed by atoms with Crippen molar-refractivity contribution in [3.05, 3.63) is 28.2 Å². The van der Waals surface area contributed by atoms with Crippen molar-refractivity contribution in [2.45, 2.75) is 19.3 Å². The Morgan fingerprint density at radius 3 is 2.74 bits per heavy atom. The number of halogens is 1. The van der Waals surface area contributed by atoms with E-state index >= 15 is 0 Å². The van der Waals surface area contributed by atoms with Gasteiger partial charge in [-0.1, -0.05) is 15.9 Å². The lowest BCUT2D eigenvalue weighted by molar-refractivity contribution is -0.121. The molecule has 0 bridgehead atoms. The minimum atomic E-state index is 0.00964. The summed E-state index contributed by atoms with van der Waals surface area (Å²) >= 11 is 3.44. The topological polar surface area (TPSA) is 59.6 Å². The summed E-state index contributed by atoms with van der Waals surface area (Å²) in [5.74, 6) is 0.743. The van der Waals surface area contributed by atoms with Crippen LogP contribution in [0.1, 0.15) is 18.4 Å². The first-order valence-electron chi connectivity index (χ1n) is 7.87. The van der Waals surface area contributed by atoms with Gasteiger partial charge in [0.1, 0.15) is 5.75 Å². The molecule has 6 heteroatoms. The Hall–Kier alpha value is -1.11. The minimum Gasteiger partial charge on any atom is -0.496 e. The van der Waals surface area contributed by atoms with Gasteiger partial charge >= 0.3 is 0 Å². The molecule has 128 valence electrons. The normalized spacial score (nSPS) is 16.8. The fourth-order valence-corrected chi connectivity index (χ4v) is 3.45. The molecule has 0 atom stereocenters. The molecule has 0 aliphatic carbocycles. The zero-order valence-electron chi connectivity index (χ0n) is 13.8. The number of methoxy groups -OCH3 is 2. The Balaban J connectivity index is 1.95. The fraction of sp³-hybridized carbons (Fsp3) is 0.588. The van der Waals surface area contributed by atoms with Crippen molar-refractivity contribution < 1.29 is 14.3 Å². The number of hydrogen-bond donors (Lipinski definition) is 2. The summed E-state index contributed by atoms with van der Waals surface area (Å²) in [6, 6.07) is 5.70. The van der Waals surface area contributed by atoms with Gasteiger partial charge in [0, 0.05) is 29.1 Å². The first kappa shape index (κ1) is 18.2. The van der Waals surface area contributed by atoms with Crippen LogP contribution >= 0.6 is 15.9 Å². The standard InChI is InChI=1S/C17H25BrN2O3/c1-22-12-17(5-7-19-8-6-17)11-20-16(21)10-13-9-14(18)3-4-15(13)23-2/h3-4,9,19H,5-8,10-12H2,1-2H3,(H,20,21). The van der Waals surface area contributed by atoms with E-state index in [-0.39, 0.29) is 11.3 Å². The molecule has 2 rings (SSSR count). The average molecular weight is 385 g/mol. The van der Waals surface area contributed by atoms with Crippen LogP contribution in [-0.4, -0.2) is 46.4 Å². The van der Waals surface area contributed by atoms with Crippen LogP contribution in [0.25, 0.3) is 0 Å². The zero-order valence-corrected chi connectivity index (χ0v) is 15.4. The van der Waals surface area contributed by atoms with Crippen molar-refractivity contribution in [2.24, 2.45) is 5.41 Å². The molecule has 1 heterocycles. The molecule has 0 radical (unpaired) electrons. The van der Waals surface area contributed by atoms with E-state index < -0.39 is 0 Å². The monoisotopic (exact) mass is 384 g/mol. The van der Waals surface area contributed by atoms with Gasteiger partial charge in [-0.2, -0.15) is 0 Å². The molecule has 1 saturated heterocycles. The maximum absolute atomic E-state index is 12.3. The van der Waals surface area contributed by atoms with Gasteiger partial charge in [-0.05, 0) is 44.1 Å². The van der Waals surface area contributed by atoms with E-state index in [1.54, 1.807) is 14.2 Å². The SMILES string of the molecule is COCC1(CNC(=O)Cc2cc(Br)ccc2OC)CCNCC1. The van der Waals surface area contributed by atoms with Crippen molar-refractivity contribution in [3.8, 4) is 5.75 Å². The average Bonchev–Trinajstić information content (AvgIpc) is 2.55. The van der Waals surface area contributed by atoms with Crippen LogP contribution in [0.2, 0.25) is 0 Å². The molecule has 5 nitrogen and oxygen atoms in total. The highest BCUT2D eigenvalue weighted by molar-refractivity contribution is 9.10. The number of rotatable bonds is 7. The molecule has 2 N–H and O–H groups in total. The number of ether oxygens (including phenoxy) is 2. The number of carbonyl (C=O) groups excluding carboxylic acids is 1. The number of hydrogen-bond acceptors (Lipinski definition) is 4. The largest absolute Gasteiger partial charge is 0.496 e. The number of amides is 1. The van der Waals surface area contributed by atoms with E-state index in [4.69, 9.17) is 9.47 Å². The van der Waals surface area contributed by atoms with Crippen LogP contribution in [-0.2, 0) is 16.0 Å². The second-order valence-electron chi connectivity index (χ2n) is 6.09. The Kier molecular flexibility index (Phi) is 6.87. The molecule has 0 unspecified atom stereocenters. The van der Waals surface area contributed by atoms with Crippen molar-refractivity contribution in [1.29, 1.82) is 0 Å². The Bertz CT molecular complexity index is 525. The van der Waals surface area contributed by atoms with Gasteiger partial charge in [-0.25, -0.2) is 0 Å². The lowest BCUT2D eigenvalue weighted by atomic mass is 9.79. The Labute approximate surface area is 146 Å². The van der Waals surface area contributed by atoms with Crippen LogP contribution < -0.4 is 15.4 Å². The highest BCUT2D eigenvalue weighted by atomic mass is 79.9. The van der Waals surface area contributed by atoms with E-state index in [9.17, 15) is 4.79 Å². The molecular formula is C17H25BrN2O3. The summed E-state index contributed by atoms with van der Waals surface area (Å²) in [5.41, 5.74) is 0.919. The summed E-state index contributed by atoms with van der Waals surface area (Å²) in [6.45, 7) is 3.27. The van der Waals surface area contributed by atoms with Crippen LogP contribution in [0.15, 0.2) is 22.7 Å². The lowest BCUT2D eigenvalue weighted by Gasteiger charge is -2.37. The number of piperidine rings is 1. The first-order chi connectivity index (χ1) is 11.1. The van der Waals surface area contributed by atoms with Crippen molar-refractivity contribution in [1.82, 2.24) is 10.6 Å². The molecule has 0 aromatic heterocycles. The second-order valence-corrected chi connectivity index (χ2v) is 7.01. The van der Waals surface area contributed by atoms with Crippen molar-refractivity contribution >= 4 is 21.8 Å². The van der Waals surface area contributed by atoms with Crippen molar-refractivity contribution in [2.75, 3.05) is 40.5 Å². The highest BCUT2D eigenvalue weighted by Crippen LogP contribution is 2.28. The maximum Gasteiger partial charge on any atom is 0.224 e. The molecule has 1 fully saturated rings. The van der Waals surface area contributed by atoms with E-state index in [2.05, 4.69) is 26.6 Å². The Morgan fingerprint density at radius 1 is 1.35 bits per heavy atom. The number of carbonyl (C=O) groups is 1. The van der Waals surface area contributed by atoms with Crippen LogP contribution in [0.4, 0.5) is 0 Å². The lowest BCUT2D eigenvalue weighted by Crippen LogP contribution is -2.47. The molecule has 0 saturated carbocycles. The van der Waals surface area contributed by atoms with Gasteiger partial charge in [0.15, 0.2) is 0 Å². The Morgan fingerprint density at radius 2 is 2.09 bits per heavy atom. The van der Waals surface area contributed by atoms with E-state index in [1.807, 2.05) is 18.2 Å². The van der Waals surface area contributed by atoms with Gasteiger partial charge in [0.05, 0.1) is 20.1 Å². The summed E-state index contributed by atoms with van der Waals surface area (Å²) in [5, 5.41) is 6.44. The van der Waals surface area contributed by atoms with E-state index in [0.717, 1.165) is 41.7 Å². The molecule has 1 aromatic rings. The molecule has 1 amide bonds. The number of benzene rings is 1. The third kappa shape index (κ3) is 5.19. The van der Waals surface area contributed by atoms with Gasteiger partial charge in [0.25, 0.3) is 0 Å². The van der Waals surface area contributed by atoms with Crippen molar-refractivity contribution in [3.63, 3.8) is 0 Å². The van der Waals surface area contributed by atoms with Crippen LogP contribution in [0.3, 0.4) is 0 Å². The van der Waals surface area contributed by atoms with Gasteiger partial charge < -0.3 is 20.1 Å². The summed E-state index contributed by atoms with van der Waals surface area (Å²) in [7, 11) is 3.34. The zero-order chi connectivity index (χ0) is 16.7. The molecule has 1 aliphatic rings. The molecule has 1 aromatic carbocycles. The third-order valence-electron chi connectivity index (χ3n) is 4.37. The smallest absolute Gasteiger partial charge is 0.224 e. The predicted octanol–water partition coefficient (Wildman–Crippen LogP) is 2.13. The predicted molar refractivity (Wildman–Crippen MR) is 93.8 cm³/mol. The van der Waals surface area contributed by atoms with Crippen LogP contribution in [0.5, 0.6) is 5.75 Å². The number of nitrogens with one attached hydrogen (secondary N) is 2. The van der Waals surface area contributed by atoms with Gasteiger partial charge in [0.2, 0.25) is 5.91 Å². The summed E-state index contributed by atoms with van der Waals surface area (Å²) in [4.78, 5) is 12.3. The maximum atomic E-state index is 12.3. The van der Waals surface area contributed by atoms with E-state index in [1.165, 1.54) is 0 Å². The molecular weight excluding hydrogens is 360 g/mol. The minimum absolute atomic E-state index is 0.00964. The first-order valence-corrected chi connectivity index (χ1v) is 8.67. The second kappa shape index (κ2) is 8.66. The van der Waals surface area contributed by atoms with Gasteiger partial charge in [-0.15, -0.1) is 0 Å². The molecule has 1 aliphatic heterocycles. The van der Waals surface area contributed by atoms with Crippen LogP contribution in [0, 0.1) is 5.41 Å². The van der Waals surface area contributed by atoms with Gasteiger partial charge in [-0.3, -0.25) is 4.79 Å². The highest BCUT2D eigenvalue weighted by Gasteiger charge is 2.32. The summed E-state index contributed by atoms with van der Waals surface area (Å²) < 4.78 is 11.6. The third-order valence-corrected chi connectivity index (χ3v) is 4.86. The summed E-state index contributed by atoms with van der Waals surface area (Å²) in [6.07, 6.45) is 2.34. The molecule has 0 spiro atoms. The molecule has 23 heavy (non-hydrogen) atoms.